The first kappa shape index (κ1) is 51.0. The number of carbonyl (C=O) groups excluding carboxylic acids is 1. The molecule has 0 aromatic carbocycles. The number of unbranched alkanes of at least 4 members (excludes halogenated alkanes) is 28. The van der Waals surface area contributed by atoms with E-state index in [1.165, 1.54) is 148 Å². The SMILES string of the molecule is CCCCCCCCCCCCCCCCCCCCCCCCCOCC(COP(=O)(O)OCC(N)C(=O)O)OC(=O)CCCCCCCCC. The fourth-order valence-electron chi connectivity index (χ4n) is 6.25. The van der Waals surface area contributed by atoms with Gasteiger partial charge < -0.3 is 25.2 Å². The summed E-state index contributed by atoms with van der Waals surface area (Å²) in [5, 5.41) is 8.86. The van der Waals surface area contributed by atoms with Gasteiger partial charge in [-0.15, -0.1) is 0 Å². The summed E-state index contributed by atoms with van der Waals surface area (Å²) in [5.74, 6) is -1.77. The highest BCUT2D eigenvalue weighted by Gasteiger charge is 2.27. The van der Waals surface area contributed by atoms with Crippen LogP contribution in [0.1, 0.15) is 213 Å². The van der Waals surface area contributed by atoms with Crippen LogP contribution in [0.2, 0.25) is 0 Å². The second-order valence-corrected chi connectivity index (χ2v) is 16.3. The predicted molar refractivity (Wildman–Crippen MR) is 213 cm³/mol. The normalized spacial score (nSPS) is 13.9. The topological polar surface area (TPSA) is 155 Å². The van der Waals surface area contributed by atoms with Gasteiger partial charge in [-0.2, -0.15) is 0 Å². The van der Waals surface area contributed by atoms with Crippen LogP contribution >= 0.6 is 7.82 Å². The molecule has 4 N–H and O–H groups in total. The fraction of sp³-hybridized carbons (Fsp3) is 0.951. The van der Waals surface area contributed by atoms with E-state index in [1.54, 1.807) is 0 Å². The molecule has 3 atom stereocenters. The minimum Gasteiger partial charge on any atom is -0.480 e. The molecule has 0 amide bonds. The Hall–Kier alpha value is -1.03. The van der Waals surface area contributed by atoms with E-state index in [0.717, 1.165) is 38.5 Å². The number of carboxylic acid groups (broad SMARTS) is 1. The van der Waals surface area contributed by atoms with Gasteiger partial charge in [-0.05, 0) is 12.8 Å². The van der Waals surface area contributed by atoms with Crippen LogP contribution in [0.5, 0.6) is 0 Å². The molecular formula is C41H82NO9P. The van der Waals surface area contributed by atoms with Crippen molar-refractivity contribution in [1.29, 1.82) is 0 Å². The third-order valence-corrected chi connectivity index (χ3v) is 10.6. The second-order valence-electron chi connectivity index (χ2n) is 14.8. The number of carbonyl (C=O) groups is 2. The van der Waals surface area contributed by atoms with Crippen LogP contribution in [0, 0.1) is 0 Å². The summed E-state index contributed by atoms with van der Waals surface area (Å²) in [5.41, 5.74) is 5.33. The van der Waals surface area contributed by atoms with Crippen LogP contribution in [0.15, 0.2) is 0 Å². The molecule has 11 heteroatoms. The van der Waals surface area contributed by atoms with Crippen molar-refractivity contribution in [2.75, 3.05) is 26.4 Å². The third kappa shape index (κ3) is 37.3. The van der Waals surface area contributed by atoms with E-state index < -0.39 is 45.1 Å². The number of ether oxygens (including phenoxy) is 2. The maximum absolute atomic E-state index is 12.5. The molecule has 0 bridgehead atoms. The van der Waals surface area contributed by atoms with Crippen LogP contribution in [-0.2, 0) is 32.7 Å². The van der Waals surface area contributed by atoms with Crippen molar-refractivity contribution in [3.05, 3.63) is 0 Å². The first-order valence-corrected chi connectivity index (χ1v) is 23.1. The van der Waals surface area contributed by atoms with Crippen LogP contribution in [0.4, 0.5) is 0 Å². The number of hydrogen-bond donors (Lipinski definition) is 3. The number of phosphoric ester groups is 1. The van der Waals surface area contributed by atoms with Gasteiger partial charge in [0.25, 0.3) is 0 Å². The Bertz CT molecular complexity index is 847. The molecule has 10 nitrogen and oxygen atoms in total. The van der Waals surface area contributed by atoms with Crippen molar-refractivity contribution in [3.63, 3.8) is 0 Å². The van der Waals surface area contributed by atoms with E-state index in [9.17, 15) is 19.0 Å². The van der Waals surface area contributed by atoms with E-state index >= 15 is 0 Å². The molecule has 0 saturated heterocycles. The number of phosphoric acid groups is 1. The molecule has 3 unspecified atom stereocenters. The lowest BCUT2D eigenvalue weighted by molar-refractivity contribution is -0.154. The van der Waals surface area contributed by atoms with Crippen molar-refractivity contribution in [1.82, 2.24) is 0 Å². The molecule has 0 aromatic rings. The van der Waals surface area contributed by atoms with Crippen molar-refractivity contribution in [3.8, 4) is 0 Å². The van der Waals surface area contributed by atoms with Gasteiger partial charge in [0.15, 0.2) is 0 Å². The van der Waals surface area contributed by atoms with Gasteiger partial charge in [0.2, 0.25) is 0 Å². The van der Waals surface area contributed by atoms with Crippen molar-refractivity contribution >= 4 is 19.8 Å². The van der Waals surface area contributed by atoms with E-state index in [1.807, 2.05) is 0 Å². The lowest BCUT2D eigenvalue weighted by atomic mass is 10.0. The minimum absolute atomic E-state index is 0.0245. The molecule has 0 aliphatic rings. The zero-order valence-electron chi connectivity index (χ0n) is 33.7. The lowest BCUT2D eigenvalue weighted by Crippen LogP contribution is -2.34. The summed E-state index contributed by atoms with van der Waals surface area (Å²) in [6.45, 7) is 3.86. The first-order valence-electron chi connectivity index (χ1n) is 21.6. The lowest BCUT2D eigenvalue weighted by Gasteiger charge is -2.20. The summed E-state index contributed by atoms with van der Waals surface area (Å²) in [4.78, 5) is 33.3. The Morgan fingerprint density at radius 2 is 0.885 bits per heavy atom. The predicted octanol–water partition coefficient (Wildman–Crippen LogP) is 11.6. The van der Waals surface area contributed by atoms with Crippen molar-refractivity contribution < 1.29 is 42.7 Å². The van der Waals surface area contributed by atoms with Crippen LogP contribution < -0.4 is 5.73 Å². The van der Waals surface area contributed by atoms with Gasteiger partial charge in [-0.25, -0.2) is 4.57 Å². The molecule has 0 spiro atoms. The van der Waals surface area contributed by atoms with Gasteiger partial charge in [-0.3, -0.25) is 18.6 Å². The Balaban J connectivity index is 3.95. The maximum Gasteiger partial charge on any atom is 0.472 e. The molecule has 0 aliphatic heterocycles. The van der Waals surface area contributed by atoms with E-state index in [-0.39, 0.29) is 13.0 Å². The van der Waals surface area contributed by atoms with Gasteiger partial charge in [0.05, 0.1) is 19.8 Å². The molecule has 0 saturated carbocycles. The fourth-order valence-corrected chi connectivity index (χ4v) is 7.03. The molecule has 52 heavy (non-hydrogen) atoms. The van der Waals surface area contributed by atoms with Crippen LogP contribution in [-0.4, -0.2) is 60.5 Å². The molecule has 0 heterocycles. The van der Waals surface area contributed by atoms with Crippen LogP contribution in [0.25, 0.3) is 0 Å². The Morgan fingerprint density at radius 1 is 0.538 bits per heavy atom. The van der Waals surface area contributed by atoms with Crippen LogP contribution in [0.3, 0.4) is 0 Å². The van der Waals surface area contributed by atoms with E-state index in [2.05, 4.69) is 18.4 Å². The number of esters is 1. The average Bonchev–Trinajstić information content (AvgIpc) is 3.12. The highest BCUT2D eigenvalue weighted by Crippen LogP contribution is 2.43. The zero-order valence-corrected chi connectivity index (χ0v) is 34.6. The van der Waals surface area contributed by atoms with Gasteiger partial charge in [0, 0.05) is 13.0 Å². The molecule has 0 aliphatic carbocycles. The summed E-state index contributed by atoms with van der Waals surface area (Å²) in [7, 11) is -4.60. The number of carboxylic acids is 1. The van der Waals surface area contributed by atoms with Gasteiger partial charge in [0.1, 0.15) is 12.1 Å². The minimum atomic E-state index is -4.60. The Kier molecular flexibility index (Phi) is 37.5. The van der Waals surface area contributed by atoms with E-state index in [4.69, 9.17) is 24.8 Å². The molecular weight excluding hydrogens is 681 g/mol. The Morgan fingerprint density at radius 3 is 1.27 bits per heavy atom. The number of nitrogens with two attached hydrogens (primary N) is 1. The van der Waals surface area contributed by atoms with Crippen molar-refractivity contribution in [2.45, 2.75) is 225 Å². The van der Waals surface area contributed by atoms with Crippen molar-refractivity contribution in [2.24, 2.45) is 5.73 Å². The monoisotopic (exact) mass is 764 g/mol. The Labute approximate surface area is 319 Å². The zero-order chi connectivity index (χ0) is 38.4. The molecule has 0 fully saturated rings. The largest absolute Gasteiger partial charge is 0.480 e. The summed E-state index contributed by atoms with van der Waals surface area (Å²) in [6, 6.07) is -1.47. The molecule has 0 radical (unpaired) electrons. The standard InChI is InChI=1S/C41H82NO9P/c1-3-5-7-9-11-12-13-14-15-16-17-18-19-20-21-22-23-24-25-26-28-30-32-34-48-35-38(36-49-52(46,47)50-37-39(42)41(44)45)51-40(43)33-31-29-27-10-8-6-4-2/h38-39H,3-37,42H2,1-2H3,(H,44,45)(H,46,47). The summed E-state index contributed by atoms with van der Waals surface area (Å²) < 4.78 is 33.2. The molecule has 0 rings (SSSR count). The third-order valence-electron chi connectivity index (χ3n) is 9.64. The molecule has 310 valence electrons. The highest BCUT2D eigenvalue weighted by atomic mass is 31.2. The highest BCUT2D eigenvalue weighted by molar-refractivity contribution is 7.47. The number of aliphatic carboxylic acids is 1. The van der Waals surface area contributed by atoms with E-state index in [0.29, 0.717) is 13.0 Å². The second kappa shape index (κ2) is 38.3. The average molecular weight is 764 g/mol. The quantitative estimate of drug-likeness (QED) is 0.0311. The van der Waals surface area contributed by atoms with Gasteiger partial charge in [-0.1, -0.05) is 194 Å². The number of rotatable bonds is 42. The first-order chi connectivity index (χ1) is 25.2. The summed E-state index contributed by atoms with van der Waals surface area (Å²) in [6.07, 6.45) is 37.7. The summed E-state index contributed by atoms with van der Waals surface area (Å²) >= 11 is 0. The smallest absolute Gasteiger partial charge is 0.472 e. The molecule has 0 aromatic heterocycles. The maximum atomic E-state index is 12.5. The van der Waals surface area contributed by atoms with Gasteiger partial charge >= 0.3 is 19.8 Å². The number of hydrogen-bond acceptors (Lipinski definition) is 8.